The van der Waals surface area contributed by atoms with Crippen molar-refractivity contribution >= 4 is 11.6 Å². The van der Waals surface area contributed by atoms with E-state index in [1.54, 1.807) is 6.92 Å². The first kappa shape index (κ1) is 19.1. The minimum absolute atomic E-state index is 0.126. The summed E-state index contributed by atoms with van der Waals surface area (Å²) in [4.78, 5) is 23.7. The van der Waals surface area contributed by atoms with Gasteiger partial charge in [-0.15, -0.1) is 0 Å². The van der Waals surface area contributed by atoms with Crippen LogP contribution in [0.15, 0.2) is 47.1 Å². The van der Waals surface area contributed by atoms with Crippen LogP contribution in [-0.4, -0.2) is 11.6 Å². The van der Waals surface area contributed by atoms with Gasteiger partial charge in [0.05, 0.1) is 0 Å². The molecule has 124 valence electrons. The molecule has 0 heterocycles. The molecule has 0 aliphatic carbocycles. The lowest BCUT2D eigenvalue weighted by atomic mass is 9.93. The van der Waals surface area contributed by atoms with Gasteiger partial charge in [0.2, 0.25) is 0 Å². The van der Waals surface area contributed by atoms with Gasteiger partial charge >= 0.3 is 0 Å². The van der Waals surface area contributed by atoms with Crippen LogP contribution < -0.4 is 0 Å². The lowest BCUT2D eigenvalue weighted by Gasteiger charge is -2.10. The highest BCUT2D eigenvalue weighted by atomic mass is 16.1. The molecule has 0 amide bonds. The minimum atomic E-state index is 0.126. The molecular formula is C21H28O2. The van der Waals surface area contributed by atoms with E-state index in [0.717, 1.165) is 41.5 Å². The second kappa shape index (κ2) is 9.24. The van der Waals surface area contributed by atoms with Gasteiger partial charge in [-0.3, -0.25) is 4.79 Å². The van der Waals surface area contributed by atoms with Gasteiger partial charge in [0, 0.05) is 12.0 Å². The van der Waals surface area contributed by atoms with Gasteiger partial charge in [-0.2, -0.15) is 0 Å². The van der Waals surface area contributed by atoms with Crippen LogP contribution >= 0.6 is 0 Å². The summed E-state index contributed by atoms with van der Waals surface area (Å²) in [6, 6.07) is 7.75. The Morgan fingerprint density at radius 3 is 2.04 bits per heavy atom. The maximum atomic E-state index is 12.7. The van der Waals surface area contributed by atoms with E-state index in [9.17, 15) is 9.59 Å². The van der Waals surface area contributed by atoms with E-state index in [4.69, 9.17) is 0 Å². The summed E-state index contributed by atoms with van der Waals surface area (Å²) in [5.74, 6) is 0.343. The van der Waals surface area contributed by atoms with Crippen LogP contribution in [0, 0.1) is 6.92 Å². The molecule has 2 heteroatoms. The number of ketones is 2. The Morgan fingerprint density at radius 2 is 1.52 bits per heavy atom. The molecule has 0 unspecified atom stereocenters. The second-order valence-corrected chi connectivity index (χ2v) is 6.46. The van der Waals surface area contributed by atoms with Gasteiger partial charge in [0.1, 0.15) is 5.78 Å². The third-order valence-corrected chi connectivity index (χ3v) is 3.95. The number of Topliss-reactive ketones (excluding diaryl/α,β-unsaturated/α-hetero) is 2. The molecule has 0 aliphatic heterocycles. The van der Waals surface area contributed by atoms with E-state index in [-0.39, 0.29) is 11.6 Å². The van der Waals surface area contributed by atoms with Crippen molar-refractivity contribution in [2.24, 2.45) is 0 Å². The zero-order chi connectivity index (χ0) is 17.4. The number of hydrogen-bond donors (Lipinski definition) is 0. The summed E-state index contributed by atoms with van der Waals surface area (Å²) < 4.78 is 0. The van der Waals surface area contributed by atoms with Crippen LogP contribution in [0.4, 0.5) is 0 Å². The van der Waals surface area contributed by atoms with Crippen LogP contribution in [0.1, 0.15) is 69.3 Å². The SMILES string of the molecule is CC(=O)CC/C=C(\C)CCC(C(=O)c1ccc(C)cc1)=C(C)C. The van der Waals surface area contributed by atoms with E-state index in [2.05, 4.69) is 13.0 Å². The fourth-order valence-corrected chi connectivity index (χ4v) is 2.42. The number of carbonyl (C=O) groups is 2. The van der Waals surface area contributed by atoms with Crippen molar-refractivity contribution in [3.8, 4) is 0 Å². The van der Waals surface area contributed by atoms with Gasteiger partial charge < -0.3 is 4.79 Å². The predicted molar refractivity (Wildman–Crippen MR) is 96.8 cm³/mol. The van der Waals surface area contributed by atoms with Crippen LogP contribution in [0.5, 0.6) is 0 Å². The molecule has 1 aromatic carbocycles. The number of aryl methyl sites for hydroxylation is 1. The monoisotopic (exact) mass is 312 g/mol. The Bertz CT molecular complexity index is 612. The summed E-state index contributed by atoms with van der Waals surface area (Å²) in [5.41, 5.74) is 5.12. The molecule has 1 rings (SSSR count). The molecule has 23 heavy (non-hydrogen) atoms. The van der Waals surface area contributed by atoms with E-state index in [1.165, 1.54) is 5.57 Å². The molecule has 0 spiro atoms. The Labute approximate surface area is 140 Å². The van der Waals surface area contributed by atoms with Crippen molar-refractivity contribution in [2.75, 3.05) is 0 Å². The first-order valence-electron chi connectivity index (χ1n) is 8.24. The molecule has 0 radical (unpaired) electrons. The molecule has 0 aliphatic rings. The Morgan fingerprint density at radius 1 is 0.913 bits per heavy atom. The number of allylic oxidation sites excluding steroid dienone is 4. The number of hydrogen-bond acceptors (Lipinski definition) is 2. The first-order chi connectivity index (χ1) is 10.8. The number of carbonyl (C=O) groups excluding carboxylic acids is 2. The highest BCUT2D eigenvalue weighted by molar-refractivity contribution is 6.09. The average molecular weight is 312 g/mol. The zero-order valence-electron chi connectivity index (χ0n) is 15.0. The normalized spacial score (nSPS) is 11.3. The van der Waals surface area contributed by atoms with Crippen molar-refractivity contribution in [2.45, 2.75) is 60.3 Å². The summed E-state index contributed by atoms with van der Waals surface area (Å²) in [5, 5.41) is 0. The zero-order valence-corrected chi connectivity index (χ0v) is 15.0. The predicted octanol–water partition coefficient (Wildman–Crippen LogP) is 5.61. The van der Waals surface area contributed by atoms with Gasteiger partial charge in [0.15, 0.2) is 5.78 Å². The first-order valence-corrected chi connectivity index (χ1v) is 8.24. The molecule has 0 saturated heterocycles. The Kier molecular flexibility index (Phi) is 7.67. The smallest absolute Gasteiger partial charge is 0.188 e. The summed E-state index contributed by atoms with van der Waals surface area (Å²) >= 11 is 0. The molecule has 0 N–H and O–H groups in total. The molecule has 0 saturated carbocycles. The summed E-state index contributed by atoms with van der Waals surface area (Å²) in [6.07, 6.45) is 5.10. The van der Waals surface area contributed by atoms with Gasteiger partial charge in [0.25, 0.3) is 0 Å². The maximum Gasteiger partial charge on any atom is 0.188 e. The van der Waals surface area contributed by atoms with Gasteiger partial charge in [-0.25, -0.2) is 0 Å². The van der Waals surface area contributed by atoms with Crippen molar-refractivity contribution in [1.82, 2.24) is 0 Å². The molecule has 1 aromatic rings. The molecule has 0 fully saturated rings. The largest absolute Gasteiger partial charge is 0.300 e. The van der Waals surface area contributed by atoms with Gasteiger partial charge in [-0.1, -0.05) is 47.1 Å². The van der Waals surface area contributed by atoms with Crippen molar-refractivity contribution in [3.63, 3.8) is 0 Å². The highest BCUT2D eigenvalue weighted by Crippen LogP contribution is 2.20. The van der Waals surface area contributed by atoms with E-state index >= 15 is 0 Å². The summed E-state index contributed by atoms with van der Waals surface area (Å²) in [6.45, 7) is 9.70. The van der Waals surface area contributed by atoms with Crippen LogP contribution in [-0.2, 0) is 4.79 Å². The fraction of sp³-hybridized carbons (Fsp3) is 0.429. The molecule has 2 nitrogen and oxygen atoms in total. The second-order valence-electron chi connectivity index (χ2n) is 6.46. The number of rotatable bonds is 8. The topological polar surface area (TPSA) is 34.1 Å². The maximum absolute atomic E-state index is 12.7. The fourth-order valence-electron chi connectivity index (χ4n) is 2.42. The van der Waals surface area contributed by atoms with Gasteiger partial charge in [-0.05, 0) is 59.5 Å². The molecule has 0 atom stereocenters. The van der Waals surface area contributed by atoms with Crippen molar-refractivity contribution in [3.05, 3.63) is 58.2 Å². The lowest BCUT2D eigenvalue weighted by molar-refractivity contribution is -0.116. The average Bonchev–Trinajstić information content (AvgIpc) is 2.47. The highest BCUT2D eigenvalue weighted by Gasteiger charge is 2.13. The van der Waals surface area contributed by atoms with E-state index in [1.807, 2.05) is 45.0 Å². The molecular weight excluding hydrogens is 284 g/mol. The van der Waals surface area contributed by atoms with Crippen molar-refractivity contribution < 1.29 is 9.59 Å². The Hall–Kier alpha value is -1.96. The summed E-state index contributed by atoms with van der Waals surface area (Å²) in [7, 11) is 0. The van der Waals surface area contributed by atoms with E-state index in [0.29, 0.717) is 6.42 Å². The van der Waals surface area contributed by atoms with E-state index < -0.39 is 0 Å². The minimum Gasteiger partial charge on any atom is -0.300 e. The quantitative estimate of drug-likeness (QED) is 0.355. The van der Waals surface area contributed by atoms with Crippen molar-refractivity contribution in [1.29, 1.82) is 0 Å². The third kappa shape index (κ3) is 6.77. The third-order valence-electron chi connectivity index (χ3n) is 3.95. The van der Waals surface area contributed by atoms with Crippen LogP contribution in [0.25, 0.3) is 0 Å². The molecule has 0 bridgehead atoms. The van der Waals surface area contributed by atoms with Crippen LogP contribution in [0.2, 0.25) is 0 Å². The standard InChI is InChI=1S/C21H28O2/c1-15(2)20(14-11-16(3)7-6-8-18(5)22)21(23)19-12-9-17(4)10-13-19/h7,9-10,12-13H,6,8,11,14H2,1-5H3/b16-7+. The Balaban J connectivity index is 2.73. The number of benzene rings is 1. The van der Waals surface area contributed by atoms with Crippen LogP contribution in [0.3, 0.4) is 0 Å². The molecule has 0 aromatic heterocycles. The lowest BCUT2D eigenvalue weighted by Crippen LogP contribution is -2.06.